The zero-order chi connectivity index (χ0) is 12.6. The molecule has 2 N–H and O–H groups in total. The largest absolute Gasteiger partial charge is 0.384 e. The third-order valence-electron chi connectivity index (χ3n) is 2.62. The molecule has 1 heterocycles. The Morgan fingerprint density at radius 1 is 1.29 bits per heavy atom. The Morgan fingerprint density at radius 2 is 2.00 bits per heavy atom. The lowest BCUT2D eigenvalue weighted by Gasteiger charge is -2.22. The molecule has 0 bridgehead atoms. The van der Waals surface area contributed by atoms with Crippen LogP contribution in [0.5, 0.6) is 0 Å². The van der Waals surface area contributed by atoms with E-state index in [1.54, 1.807) is 0 Å². The van der Waals surface area contributed by atoms with E-state index < -0.39 is 10.0 Å². The van der Waals surface area contributed by atoms with Crippen molar-refractivity contribution in [3.8, 4) is 0 Å². The Balaban J connectivity index is 2.06. The predicted molar refractivity (Wildman–Crippen MR) is 65.5 cm³/mol. The summed E-state index contributed by atoms with van der Waals surface area (Å²) in [5, 5.41) is 3.25. The number of hydrogen-bond donors (Lipinski definition) is 2. The second kappa shape index (κ2) is 7.99. The Hall–Kier alpha value is -0.210. The van der Waals surface area contributed by atoms with Crippen LogP contribution in [-0.2, 0) is 19.5 Å². The summed E-state index contributed by atoms with van der Waals surface area (Å²) >= 11 is 0. The van der Waals surface area contributed by atoms with Crippen molar-refractivity contribution in [1.29, 1.82) is 0 Å². The van der Waals surface area contributed by atoms with Crippen LogP contribution in [0.3, 0.4) is 0 Å². The van der Waals surface area contributed by atoms with Crippen molar-refractivity contribution >= 4 is 10.0 Å². The van der Waals surface area contributed by atoms with E-state index in [0.717, 1.165) is 25.9 Å². The number of rotatable bonds is 8. The van der Waals surface area contributed by atoms with E-state index in [4.69, 9.17) is 9.47 Å². The summed E-state index contributed by atoms with van der Waals surface area (Å²) in [4.78, 5) is 0. The molecule has 17 heavy (non-hydrogen) atoms. The standard InChI is InChI=1S/C10H22N2O4S/c1-15-8-9-17(13,14)12-6-7-16-10-2-4-11-5-3-10/h10-12H,2-9H2,1H3. The average molecular weight is 266 g/mol. The maximum Gasteiger partial charge on any atom is 0.213 e. The normalized spacial score (nSPS) is 18.4. The van der Waals surface area contributed by atoms with Gasteiger partial charge in [0.2, 0.25) is 10.0 Å². The zero-order valence-electron chi connectivity index (χ0n) is 10.3. The van der Waals surface area contributed by atoms with E-state index >= 15 is 0 Å². The lowest BCUT2D eigenvalue weighted by molar-refractivity contribution is 0.0366. The van der Waals surface area contributed by atoms with Crippen molar-refractivity contribution < 1.29 is 17.9 Å². The van der Waals surface area contributed by atoms with Crippen molar-refractivity contribution in [2.75, 3.05) is 45.7 Å². The maximum absolute atomic E-state index is 11.4. The summed E-state index contributed by atoms with van der Waals surface area (Å²) in [5.74, 6) is -0.00313. The van der Waals surface area contributed by atoms with Gasteiger partial charge in [0.1, 0.15) is 0 Å². The smallest absolute Gasteiger partial charge is 0.213 e. The lowest BCUT2D eigenvalue weighted by Crippen LogP contribution is -2.35. The van der Waals surface area contributed by atoms with Crippen LogP contribution < -0.4 is 10.0 Å². The van der Waals surface area contributed by atoms with Gasteiger partial charge in [-0.05, 0) is 25.9 Å². The van der Waals surface area contributed by atoms with E-state index in [9.17, 15) is 8.42 Å². The van der Waals surface area contributed by atoms with Crippen molar-refractivity contribution in [1.82, 2.24) is 10.0 Å². The van der Waals surface area contributed by atoms with Crippen LogP contribution in [0.2, 0.25) is 0 Å². The minimum atomic E-state index is -3.21. The molecule has 6 nitrogen and oxygen atoms in total. The van der Waals surface area contributed by atoms with Gasteiger partial charge in [-0.25, -0.2) is 13.1 Å². The van der Waals surface area contributed by atoms with Crippen molar-refractivity contribution in [3.05, 3.63) is 0 Å². The fraction of sp³-hybridized carbons (Fsp3) is 1.00. The number of hydrogen-bond acceptors (Lipinski definition) is 5. The first-order valence-electron chi connectivity index (χ1n) is 5.92. The summed E-state index contributed by atoms with van der Waals surface area (Å²) in [7, 11) is -1.73. The minimum Gasteiger partial charge on any atom is -0.384 e. The van der Waals surface area contributed by atoms with Crippen LogP contribution >= 0.6 is 0 Å². The molecule has 0 aromatic rings. The van der Waals surface area contributed by atoms with Gasteiger partial charge in [0.15, 0.2) is 0 Å². The highest BCUT2D eigenvalue weighted by molar-refractivity contribution is 7.89. The maximum atomic E-state index is 11.4. The topological polar surface area (TPSA) is 76.7 Å². The van der Waals surface area contributed by atoms with Crippen LogP contribution in [0.15, 0.2) is 0 Å². The fourth-order valence-electron chi connectivity index (χ4n) is 1.65. The Bertz CT molecular complexity index is 289. The van der Waals surface area contributed by atoms with Gasteiger partial charge in [-0.2, -0.15) is 0 Å². The van der Waals surface area contributed by atoms with Crippen LogP contribution in [0.1, 0.15) is 12.8 Å². The monoisotopic (exact) mass is 266 g/mol. The van der Waals surface area contributed by atoms with Gasteiger partial charge in [0.25, 0.3) is 0 Å². The van der Waals surface area contributed by atoms with Crippen molar-refractivity contribution in [3.63, 3.8) is 0 Å². The molecule has 1 aliphatic heterocycles. The SMILES string of the molecule is COCCS(=O)(=O)NCCOC1CCNCC1. The molecular weight excluding hydrogens is 244 g/mol. The molecule has 1 rings (SSSR count). The Kier molecular flexibility index (Phi) is 6.98. The summed E-state index contributed by atoms with van der Waals surface area (Å²) in [5.41, 5.74) is 0. The van der Waals surface area contributed by atoms with Gasteiger partial charge >= 0.3 is 0 Å². The molecule has 0 aromatic heterocycles. The van der Waals surface area contributed by atoms with E-state index in [0.29, 0.717) is 13.2 Å². The molecule has 0 amide bonds. The van der Waals surface area contributed by atoms with E-state index in [2.05, 4.69) is 10.0 Å². The predicted octanol–water partition coefficient (Wildman–Crippen LogP) is -0.679. The van der Waals surface area contributed by atoms with Crippen LogP contribution in [0.25, 0.3) is 0 Å². The summed E-state index contributed by atoms with van der Waals surface area (Å²) in [6, 6.07) is 0. The highest BCUT2D eigenvalue weighted by Gasteiger charge is 2.13. The molecule has 7 heteroatoms. The Labute approximate surface area is 103 Å². The van der Waals surface area contributed by atoms with Gasteiger partial charge in [-0.15, -0.1) is 0 Å². The van der Waals surface area contributed by atoms with E-state index in [1.165, 1.54) is 7.11 Å². The average Bonchev–Trinajstić information content (AvgIpc) is 2.34. The first kappa shape index (κ1) is 14.8. The molecule has 0 radical (unpaired) electrons. The second-order valence-electron chi connectivity index (χ2n) is 4.03. The quantitative estimate of drug-likeness (QED) is 0.569. The number of methoxy groups -OCH3 is 1. The zero-order valence-corrected chi connectivity index (χ0v) is 11.1. The molecule has 1 saturated heterocycles. The van der Waals surface area contributed by atoms with Gasteiger partial charge in [0, 0.05) is 13.7 Å². The van der Waals surface area contributed by atoms with Crippen LogP contribution in [0.4, 0.5) is 0 Å². The number of piperidine rings is 1. The molecule has 0 atom stereocenters. The summed E-state index contributed by atoms with van der Waals surface area (Å²) in [6.07, 6.45) is 2.26. The van der Waals surface area contributed by atoms with Gasteiger partial charge in [-0.3, -0.25) is 0 Å². The molecule has 0 spiro atoms. The molecule has 1 fully saturated rings. The first-order valence-corrected chi connectivity index (χ1v) is 7.58. The number of sulfonamides is 1. The molecular formula is C10H22N2O4S. The molecule has 0 saturated carbocycles. The van der Waals surface area contributed by atoms with Crippen LogP contribution in [0, 0.1) is 0 Å². The van der Waals surface area contributed by atoms with E-state index in [-0.39, 0.29) is 18.5 Å². The fourth-order valence-corrected chi connectivity index (χ4v) is 2.57. The molecule has 102 valence electrons. The highest BCUT2D eigenvalue weighted by atomic mass is 32.2. The second-order valence-corrected chi connectivity index (χ2v) is 5.95. The third kappa shape index (κ3) is 6.95. The Morgan fingerprint density at radius 3 is 2.65 bits per heavy atom. The van der Waals surface area contributed by atoms with Gasteiger partial charge in [-0.1, -0.05) is 0 Å². The number of nitrogens with one attached hydrogen (secondary N) is 2. The molecule has 0 aromatic carbocycles. The summed E-state index contributed by atoms with van der Waals surface area (Å²) < 4.78 is 35.6. The molecule has 0 unspecified atom stereocenters. The molecule has 0 aliphatic carbocycles. The summed E-state index contributed by atoms with van der Waals surface area (Å²) in [6.45, 7) is 2.92. The van der Waals surface area contributed by atoms with Crippen molar-refractivity contribution in [2.24, 2.45) is 0 Å². The van der Waals surface area contributed by atoms with Gasteiger partial charge in [0.05, 0.1) is 25.1 Å². The lowest BCUT2D eigenvalue weighted by atomic mass is 10.1. The van der Waals surface area contributed by atoms with Crippen molar-refractivity contribution in [2.45, 2.75) is 18.9 Å². The highest BCUT2D eigenvalue weighted by Crippen LogP contribution is 2.06. The van der Waals surface area contributed by atoms with Gasteiger partial charge < -0.3 is 14.8 Å². The molecule has 1 aliphatic rings. The number of ether oxygens (including phenoxy) is 2. The third-order valence-corrected chi connectivity index (χ3v) is 3.97. The first-order chi connectivity index (χ1) is 8.14. The minimum absolute atomic E-state index is 0.00313. The van der Waals surface area contributed by atoms with Crippen LogP contribution in [-0.4, -0.2) is 60.2 Å². The van der Waals surface area contributed by atoms with E-state index in [1.807, 2.05) is 0 Å².